The third-order valence-electron chi connectivity index (χ3n) is 4.01. The van der Waals surface area contributed by atoms with E-state index in [4.69, 9.17) is 5.73 Å². The Morgan fingerprint density at radius 1 is 1.05 bits per heavy atom. The van der Waals surface area contributed by atoms with Crippen molar-refractivity contribution in [2.75, 3.05) is 29.9 Å². The van der Waals surface area contributed by atoms with Gasteiger partial charge in [-0.15, -0.1) is 0 Å². The van der Waals surface area contributed by atoms with E-state index in [9.17, 15) is 4.39 Å². The van der Waals surface area contributed by atoms with Crippen LogP contribution in [0.4, 0.5) is 21.5 Å². The van der Waals surface area contributed by atoms with Gasteiger partial charge in [-0.05, 0) is 42.8 Å². The summed E-state index contributed by atoms with van der Waals surface area (Å²) in [5.74, 6) is -0.242. The van der Waals surface area contributed by atoms with Gasteiger partial charge in [0.15, 0.2) is 0 Å². The number of fused-ring (bicyclic) bond motifs is 1. The zero-order valence-corrected chi connectivity index (χ0v) is 12.4. The van der Waals surface area contributed by atoms with E-state index < -0.39 is 0 Å². The van der Waals surface area contributed by atoms with E-state index in [1.807, 2.05) is 25.1 Å². The Hall–Kier alpha value is -2.07. The zero-order chi connectivity index (χ0) is 15.0. The van der Waals surface area contributed by atoms with Crippen LogP contribution in [-0.2, 0) is 0 Å². The predicted molar refractivity (Wildman–Crippen MR) is 85.7 cm³/mol. The highest BCUT2D eigenvalue weighted by molar-refractivity contribution is 5.80. The highest BCUT2D eigenvalue weighted by Crippen LogP contribution is 2.39. The molecule has 1 aliphatic rings. The fraction of sp³-hybridized carbons (Fsp3) is 0.294. The molecule has 0 saturated heterocycles. The van der Waals surface area contributed by atoms with Gasteiger partial charge in [0.05, 0.1) is 11.4 Å². The van der Waals surface area contributed by atoms with Crippen molar-refractivity contribution in [3.8, 4) is 0 Å². The van der Waals surface area contributed by atoms with Crippen molar-refractivity contribution < 1.29 is 4.39 Å². The fourth-order valence-corrected chi connectivity index (χ4v) is 2.89. The number of benzene rings is 2. The van der Waals surface area contributed by atoms with Crippen LogP contribution >= 0.6 is 0 Å². The third kappa shape index (κ3) is 2.47. The SMILES string of the molecule is CC(N)c1cc(F)ccc1N1CCN(C)c2ccccc21. The summed E-state index contributed by atoms with van der Waals surface area (Å²) in [5.41, 5.74) is 10.2. The van der Waals surface area contributed by atoms with Crippen LogP contribution in [0.25, 0.3) is 0 Å². The molecule has 0 aromatic heterocycles. The molecule has 3 rings (SSSR count). The summed E-state index contributed by atoms with van der Waals surface area (Å²) in [7, 11) is 2.09. The number of hydrogen-bond acceptors (Lipinski definition) is 3. The first kappa shape index (κ1) is 13.9. The number of rotatable bonds is 2. The molecule has 0 amide bonds. The molecule has 0 aliphatic carbocycles. The van der Waals surface area contributed by atoms with Crippen LogP contribution in [0.5, 0.6) is 0 Å². The Balaban J connectivity index is 2.12. The number of nitrogens with two attached hydrogens (primary N) is 1. The minimum Gasteiger partial charge on any atom is -0.371 e. The second kappa shape index (κ2) is 5.37. The predicted octanol–water partition coefficient (Wildman–Crippen LogP) is 3.43. The molecule has 4 heteroatoms. The maximum atomic E-state index is 13.6. The standard InChI is InChI=1S/C17H20FN3/c1-12(19)14-11-13(18)7-8-15(14)21-10-9-20(2)16-5-3-4-6-17(16)21/h3-8,11-12H,9-10,19H2,1-2H3. The molecule has 1 aliphatic heterocycles. The van der Waals surface area contributed by atoms with E-state index in [1.54, 1.807) is 6.07 Å². The number of likely N-dealkylation sites (N-methyl/N-ethyl adjacent to an activating group) is 1. The Labute approximate surface area is 124 Å². The van der Waals surface area contributed by atoms with Crippen molar-refractivity contribution in [3.05, 3.63) is 53.8 Å². The summed E-state index contributed by atoms with van der Waals surface area (Å²) in [6, 6.07) is 12.9. The zero-order valence-electron chi connectivity index (χ0n) is 12.4. The largest absolute Gasteiger partial charge is 0.371 e. The first-order valence-electron chi connectivity index (χ1n) is 7.20. The van der Waals surface area contributed by atoms with Crippen molar-refractivity contribution in [1.29, 1.82) is 0 Å². The van der Waals surface area contributed by atoms with Crippen LogP contribution in [0.15, 0.2) is 42.5 Å². The van der Waals surface area contributed by atoms with Crippen LogP contribution in [-0.4, -0.2) is 20.1 Å². The number of anilines is 3. The van der Waals surface area contributed by atoms with E-state index in [1.165, 1.54) is 11.8 Å². The molecular weight excluding hydrogens is 265 g/mol. The second-order valence-electron chi connectivity index (χ2n) is 5.55. The first-order valence-corrected chi connectivity index (χ1v) is 7.20. The maximum absolute atomic E-state index is 13.6. The van der Waals surface area contributed by atoms with E-state index >= 15 is 0 Å². The highest BCUT2D eigenvalue weighted by Gasteiger charge is 2.23. The first-order chi connectivity index (χ1) is 10.1. The molecule has 1 atom stereocenters. The van der Waals surface area contributed by atoms with Crippen LogP contribution < -0.4 is 15.5 Å². The smallest absolute Gasteiger partial charge is 0.123 e. The molecule has 0 fully saturated rings. The molecule has 1 unspecified atom stereocenters. The molecule has 2 N–H and O–H groups in total. The Kier molecular flexibility index (Phi) is 3.55. The van der Waals surface area contributed by atoms with Gasteiger partial charge in [-0.3, -0.25) is 0 Å². The van der Waals surface area contributed by atoms with Gasteiger partial charge < -0.3 is 15.5 Å². The number of hydrogen-bond donors (Lipinski definition) is 1. The average Bonchev–Trinajstić information content (AvgIpc) is 2.48. The van der Waals surface area contributed by atoms with E-state index in [2.05, 4.69) is 29.0 Å². The highest BCUT2D eigenvalue weighted by atomic mass is 19.1. The average molecular weight is 285 g/mol. The molecule has 3 nitrogen and oxygen atoms in total. The molecule has 0 bridgehead atoms. The maximum Gasteiger partial charge on any atom is 0.123 e. The van der Waals surface area contributed by atoms with Gasteiger partial charge in [-0.25, -0.2) is 4.39 Å². The van der Waals surface area contributed by atoms with Crippen LogP contribution in [0, 0.1) is 5.82 Å². The van der Waals surface area contributed by atoms with Crippen molar-refractivity contribution in [2.24, 2.45) is 5.73 Å². The fourth-order valence-electron chi connectivity index (χ4n) is 2.89. The van der Waals surface area contributed by atoms with Gasteiger partial charge in [-0.2, -0.15) is 0 Å². The van der Waals surface area contributed by atoms with Gasteiger partial charge in [-0.1, -0.05) is 12.1 Å². The molecule has 0 radical (unpaired) electrons. The van der Waals surface area contributed by atoms with Crippen LogP contribution in [0.2, 0.25) is 0 Å². The summed E-state index contributed by atoms with van der Waals surface area (Å²) in [6.07, 6.45) is 0. The van der Waals surface area contributed by atoms with Gasteiger partial charge in [0.25, 0.3) is 0 Å². The molecule has 110 valence electrons. The number of halogens is 1. The molecule has 2 aromatic carbocycles. The minimum atomic E-state index is -0.242. The van der Waals surface area contributed by atoms with E-state index in [-0.39, 0.29) is 11.9 Å². The lowest BCUT2D eigenvalue weighted by Crippen LogP contribution is -2.37. The topological polar surface area (TPSA) is 32.5 Å². The summed E-state index contributed by atoms with van der Waals surface area (Å²) in [5, 5.41) is 0. The molecular formula is C17H20FN3. The Bertz CT molecular complexity index is 654. The Morgan fingerprint density at radius 3 is 2.48 bits per heavy atom. The monoisotopic (exact) mass is 285 g/mol. The van der Waals surface area contributed by atoms with Crippen molar-refractivity contribution in [3.63, 3.8) is 0 Å². The van der Waals surface area contributed by atoms with Crippen molar-refractivity contribution >= 4 is 17.1 Å². The minimum absolute atomic E-state index is 0.206. The second-order valence-corrected chi connectivity index (χ2v) is 5.55. The van der Waals surface area contributed by atoms with E-state index in [0.717, 1.165) is 30.0 Å². The number of para-hydroxylation sites is 2. The summed E-state index contributed by atoms with van der Waals surface area (Å²) >= 11 is 0. The van der Waals surface area contributed by atoms with Crippen molar-refractivity contribution in [1.82, 2.24) is 0 Å². The molecule has 0 spiro atoms. The van der Waals surface area contributed by atoms with Gasteiger partial charge in [0, 0.05) is 31.9 Å². The van der Waals surface area contributed by atoms with Gasteiger partial charge in [0.1, 0.15) is 5.82 Å². The lowest BCUT2D eigenvalue weighted by molar-refractivity contribution is 0.622. The summed E-state index contributed by atoms with van der Waals surface area (Å²) in [6.45, 7) is 3.67. The van der Waals surface area contributed by atoms with Crippen LogP contribution in [0.3, 0.4) is 0 Å². The summed E-state index contributed by atoms with van der Waals surface area (Å²) < 4.78 is 13.6. The Morgan fingerprint density at radius 2 is 1.76 bits per heavy atom. The van der Waals surface area contributed by atoms with Gasteiger partial charge in [0.2, 0.25) is 0 Å². The summed E-state index contributed by atoms with van der Waals surface area (Å²) in [4.78, 5) is 4.47. The van der Waals surface area contributed by atoms with Crippen molar-refractivity contribution in [2.45, 2.75) is 13.0 Å². The molecule has 21 heavy (non-hydrogen) atoms. The van der Waals surface area contributed by atoms with E-state index in [0.29, 0.717) is 0 Å². The number of nitrogens with zero attached hydrogens (tertiary/aromatic N) is 2. The lowest BCUT2D eigenvalue weighted by atomic mass is 10.0. The molecule has 1 heterocycles. The molecule has 0 saturated carbocycles. The normalized spacial score (nSPS) is 15.8. The van der Waals surface area contributed by atoms with Crippen LogP contribution in [0.1, 0.15) is 18.5 Å². The quantitative estimate of drug-likeness (QED) is 0.917. The molecule has 2 aromatic rings. The lowest BCUT2D eigenvalue weighted by Gasteiger charge is -2.38. The third-order valence-corrected chi connectivity index (χ3v) is 4.01. The van der Waals surface area contributed by atoms with Gasteiger partial charge >= 0.3 is 0 Å².